The van der Waals surface area contributed by atoms with Crippen LogP contribution < -0.4 is 4.74 Å². The van der Waals surface area contributed by atoms with Crippen LogP contribution in [0.25, 0.3) is 0 Å². The number of amides is 1. The largest absolute Gasteiger partial charge is 0.496 e. The van der Waals surface area contributed by atoms with Gasteiger partial charge in [-0.15, -0.1) is 0 Å². The monoisotopic (exact) mass is 1300 g/mol. The lowest BCUT2D eigenvalue weighted by molar-refractivity contribution is -0.387. The zero-order valence-electron chi connectivity index (χ0n) is 60.4. The fourth-order valence-corrected chi connectivity index (χ4v) is 17.9. The molecule has 0 spiro atoms. The summed E-state index contributed by atoms with van der Waals surface area (Å²) in [6.07, 6.45) is 0.489. The van der Waals surface area contributed by atoms with E-state index in [0.29, 0.717) is 42.9 Å². The number of aliphatic hydroxyl groups excluding tert-OH is 1. The van der Waals surface area contributed by atoms with E-state index in [1.165, 1.54) is 12.5 Å². The van der Waals surface area contributed by atoms with Crippen molar-refractivity contribution in [3.05, 3.63) is 76.9 Å². The number of allylic oxidation sites excluding steroid dienone is 1. The minimum atomic E-state index is -1.27. The summed E-state index contributed by atoms with van der Waals surface area (Å²) in [6.45, 7) is 54.4. The second-order valence-electron chi connectivity index (χ2n) is 31.6. The normalized spacial score (nSPS) is 35.3. The Morgan fingerprint density at radius 1 is 0.860 bits per heavy atom. The number of ketones is 1. The molecule has 5 unspecified atom stereocenters. The van der Waals surface area contributed by atoms with Gasteiger partial charge in [0.25, 0.3) is 0 Å². The smallest absolute Gasteiger partial charge is 0.412 e. The Kier molecular flexibility index (Phi) is 24.4. The van der Waals surface area contributed by atoms with Gasteiger partial charge in [-0.3, -0.25) is 14.5 Å². The molecule has 2 N–H and O–H groups in total. The highest BCUT2D eigenvalue weighted by molar-refractivity contribution is 5.86. The van der Waals surface area contributed by atoms with Crippen LogP contribution in [0, 0.1) is 70.5 Å². The molecule has 526 valence electrons. The summed E-state index contributed by atoms with van der Waals surface area (Å²) in [6, 6.07) is 5.29. The van der Waals surface area contributed by atoms with E-state index in [1.54, 1.807) is 24.2 Å². The molecule has 21 atom stereocenters. The first-order valence-corrected chi connectivity index (χ1v) is 34.1. The maximum absolute atomic E-state index is 14.3. The molecule has 0 radical (unpaired) electrons. The van der Waals surface area contributed by atoms with Gasteiger partial charge in [0.15, 0.2) is 36.3 Å². The molecule has 3 aliphatic carbocycles. The average molecular weight is 1300 g/mol. The summed E-state index contributed by atoms with van der Waals surface area (Å²) in [5, 5.41) is 23.2. The summed E-state index contributed by atoms with van der Waals surface area (Å²) in [4.78, 5) is 56.0. The summed E-state index contributed by atoms with van der Waals surface area (Å²) >= 11 is 0. The van der Waals surface area contributed by atoms with Crippen LogP contribution in [0.1, 0.15) is 216 Å². The third kappa shape index (κ3) is 14.7. The first-order chi connectivity index (χ1) is 42.6. The van der Waals surface area contributed by atoms with Crippen LogP contribution in [0.5, 0.6) is 5.75 Å². The van der Waals surface area contributed by atoms with Crippen molar-refractivity contribution in [3.63, 3.8) is 0 Å². The van der Waals surface area contributed by atoms with E-state index in [0.717, 1.165) is 28.7 Å². The van der Waals surface area contributed by atoms with Crippen LogP contribution in [-0.4, -0.2) is 137 Å². The number of aryl methyl sites for hydroxylation is 1. The van der Waals surface area contributed by atoms with Gasteiger partial charge in [0.1, 0.15) is 29.7 Å². The Morgan fingerprint density at radius 3 is 2.01 bits per heavy atom. The Balaban J connectivity index is 0.000000293. The van der Waals surface area contributed by atoms with E-state index in [-0.39, 0.29) is 110 Å². The first kappa shape index (κ1) is 77.5. The lowest BCUT2D eigenvalue weighted by Crippen LogP contribution is -2.78. The number of Topliss-reactive ketones (excluding diaryl/α,β-unsaturated/α-hetero) is 1. The SMILES string of the molecule is C.C=CC1OC2[C@@H](C)C3=C(C)[C@@H](OC(=O)C(O)[C@@H](C)CC(C)C)C[C@@]3(C(C)(C)O)[C@@H](C)[C@@H]3[C@]4(OC(C)=O)CO[C@@H]4C[C@H](O1)[C@@]23C.C=CC1O[C@@H](CC)C(C)(C)[C@H]([C@@H](C)/C(C)=C(\C)[C@H](C)CC(=O)[C@@H]2OC(c3ccc(C)cc3OC)N(C(=O)OC(C)(C)C)[C@H]2CC(C)C)O1. The van der Waals surface area contributed by atoms with Crippen LogP contribution in [0.3, 0.4) is 0 Å². The van der Waals surface area contributed by atoms with Crippen molar-refractivity contribution in [2.75, 3.05) is 13.7 Å². The molecule has 4 heterocycles. The van der Waals surface area contributed by atoms with Gasteiger partial charge in [-0.1, -0.05) is 139 Å². The molecule has 2 saturated carbocycles. The molecule has 93 heavy (non-hydrogen) atoms. The van der Waals surface area contributed by atoms with Crippen LogP contribution in [-0.2, 0) is 57.0 Å². The first-order valence-electron chi connectivity index (χ1n) is 34.1. The van der Waals surface area contributed by atoms with Gasteiger partial charge < -0.3 is 57.6 Å². The highest BCUT2D eigenvalue weighted by atomic mass is 16.7. The number of fused-ring (bicyclic) bond motifs is 3. The van der Waals surface area contributed by atoms with Gasteiger partial charge in [-0.2, -0.15) is 0 Å². The standard InChI is InChI=1S/C40H63NO7.C35H54O9.CH4/c1-16-33-40(13,14)36(46-34(17-2)45-33)28(9)27(8)26(7)25(6)22-31(42)35-30(20-23(3)4)41(38(43)48-39(10,11)12)37(47-35)29-19-18-24(5)21-32(29)44-15;1-12-26-42-24-14-25-35(16-40-25,44-22(8)36)29-21(7)34(32(9,10)39)15-23(41-31(38)28(37)18(4)13-17(2)3)19(5)27(34)20(6)30(43-26)33(24,29)11;/h17-19,21,23,25,28,30,33-37H,2,16,20,22H2,1,3-15H3;12,17-18,20-21,23-26,28-30,37,39H,1,13-16H2,2-11H3;1H4/b27-26+;;/t25-,28+,30+,33+,34?,35-,36+,37?;18-,20-,21-,23-,24-,25+,26?,28?,29-,30?,33+,34+,35-;/m10./s1. The molecule has 1 aromatic rings. The average Bonchev–Trinajstić information content (AvgIpc) is 1.59. The number of esters is 2. The second-order valence-corrected chi connectivity index (χ2v) is 31.6. The predicted octanol–water partition coefficient (Wildman–Crippen LogP) is 14.7. The number of ether oxygens (including phenoxy) is 10. The number of methoxy groups -OCH3 is 1. The molecule has 17 heteroatoms. The quantitative estimate of drug-likeness (QED) is 0.0708. The van der Waals surface area contributed by atoms with Gasteiger partial charge in [-0.25, -0.2) is 9.59 Å². The molecule has 1 amide bonds. The highest BCUT2D eigenvalue weighted by Gasteiger charge is 2.78. The molecule has 4 saturated heterocycles. The van der Waals surface area contributed by atoms with Crippen LogP contribution in [0.15, 0.2) is 65.8 Å². The van der Waals surface area contributed by atoms with Gasteiger partial charge >= 0.3 is 18.0 Å². The highest BCUT2D eigenvalue weighted by Crippen LogP contribution is 2.72. The van der Waals surface area contributed by atoms with Gasteiger partial charge in [0, 0.05) is 65.7 Å². The van der Waals surface area contributed by atoms with E-state index < -0.39 is 82.9 Å². The lowest BCUT2D eigenvalue weighted by Gasteiger charge is -2.68. The number of benzene rings is 1. The summed E-state index contributed by atoms with van der Waals surface area (Å²) in [5.41, 5.74) is 1.30. The number of hydrogen-bond acceptors (Lipinski definition) is 16. The number of nitrogens with zero attached hydrogens (tertiary/aromatic N) is 1. The Labute approximate surface area is 558 Å². The van der Waals surface area contributed by atoms with Crippen LogP contribution >= 0.6 is 0 Å². The van der Waals surface area contributed by atoms with E-state index in [1.807, 2.05) is 73.6 Å². The van der Waals surface area contributed by atoms with Crippen molar-refractivity contribution in [1.29, 1.82) is 0 Å². The third-order valence-corrected chi connectivity index (χ3v) is 22.4. The van der Waals surface area contributed by atoms with Crippen molar-refractivity contribution < 1.29 is 76.8 Å². The second kappa shape index (κ2) is 29.3. The number of rotatable bonds is 20. The van der Waals surface area contributed by atoms with E-state index in [4.69, 9.17) is 47.4 Å². The molecule has 7 aliphatic rings. The maximum Gasteiger partial charge on any atom is 0.412 e. The number of carbonyl (C=O) groups excluding carboxylic acids is 4. The molecule has 6 fully saturated rings. The third-order valence-electron chi connectivity index (χ3n) is 22.4. The lowest BCUT2D eigenvalue weighted by atomic mass is 9.47. The van der Waals surface area contributed by atoms with E-state index in [9.17, 15) is 29.4 Å². The predicted molar refractivity (Wildman–Crippen MR) is 361 cm³/mol. The van der Waals surface area contributed by atoms with Crippen molar-refractivity contribution in [2.24, 2.45) is 63.6 Å². The molecular weight excluding hydrogens is 1180 g/mol. The van der Waals surface area contributed by atoms with Crippen molar-refractivity contribution in [1.82, 2.24) is 4.90 Å². The molecule has 0 aromatic heterocycles. The minimum Gasteiger partial charge on any atom is -0.496 e. The zero-order valence-corrected chi connectivity index (χ0v) is 60.4. The van der Waals surface area contributed by atoms with Crippen molar-refractivity contribution in [2.45, 2.75) is 296 Å². The summed E-state index contributed by atoms with van der Waals surface area (Å²) in [5.74, 6) is -0.957. The fourth-order valence-electron chi connectivity index (χ4n) is 17.9. The number of carbonyl (C=O) groups is 4. The molecule has 8 rings (SSSR count). The van der Waals surface area contributed by atoms with Crippen LogP contribution in [0.2, 0.25) is 0 Å². The van der Waals surface area contributed by atoms with Crippen molar-refractivity contribution >= 4 is 23.8 Å². The Hall–Kier alpha value is -4.46. The Morgan fingerprint density at radius 2 is 1.48 bits per heavy atom. The number of aliphatic hydroxyl groups is 2. The molecule has 17 nitrogen and oxygen atoms in total. The van der Waals surface area contributed by atoms with Gasteiger partial charge in [-0.05, 0) is 141 Å². The topological polar surface area (TPSA) is 204 Å². The summed E-state index contributed by atoms with van der Waals surface area (Å²) in [7, 11) is 1.60. The molecule has 4 aliphatic heterocycles. The van der Waals surface area contributed by atoms with Crippen LogP contribution in [0.4, 0.5) is 4.79 Å². The fraction of sp³-hybridized carbons (Fsp3) is 0.763. The van der Waals surface area contributed by atoms with Gasteiger partial charge in [0.2, 0.25) is 0 Å². The van der Waals surface area contributed by atoms with E-state index >= 15 is 0 Å². The van der Waals surface area contributed by atoms with E-state index in [2.05, 4.69) is 110 Å². The van der Waals surface area contributed by atoms with Crippen molar-refractivity contribution in [3.8, 4) is 5.75 Å². The maximum atomic E-state index is 14.3. The number of hydrogen-bond donors (Lipinski definition) is 2. The summed E-state index contributed by atoms with van der Waals surface area (Å²) < 4.78 is 62.7. The van der Waals surface area contributed by atoms with Gasteiger partial charge in [0.05, 0.1) is 49.8 Å². The molecule has 1 aromatic carbocycles. The molecular formula is C76H121NO16. The molecule has 0 bridgehead atoms. The zero-order chi connectivity index (χ0) is 69.0. The minimum absolute atomic E-state index is 0. The Bertz CT molecular complexity index is 2910.